The summed E-state index contributed by atoms with van der Waals surface area (Å²) in [5.41, 5.74) is 6.39. The van der Waals surface area contributed by atoms with Gasteiger partial charge in [0.1, 0.15) is 5.82 Å². The van der Waals surface area contributed by atoms with Crippen molar-refractivity contribution in [1.29, 1.82) is 0 Å². The monoisotopic (exact) mass is 252 g/mol. The Labute approximate surface area is 109 Å². The molecule has 0 aromatic carbocycles. The second kappa shape index (κ2) is 7.76. The fourth-order valence-electron chi connectivity index (χ4n) is 1.40. The quantitative estimate of drug-likeness (QED) is 0.739. The molecule has 102 valence electrons. The molecular formula is C13H24N4O. The smallest absolute Gasteiger partial charge is 0.239 e. The van der Waals surface area contributed by atoms with Crippen molar-refractivity contribution in [3.8, 4) is 5.88 Å². The zero-order chi connectivity index (χ0) is 13.4. The van der Waals surface area contributed by atoms with Gasteiger partial charge in [-0.1, -0.05) is 13.8 Å². The maximum Gasteiger partial charge on any atom is 0.239 e. The van der Waals surface area contributed by atoms with Gasteiger partial charge in [0.25, 0.3) is 0 Å². The van der Waals surface area contributed by atoms with Gasteiger partial charge >= 0.3 is 0 Å². The summed E-state index contributed by atoms with van der Waals surface area (Å²) in [6.45, 7) is 7.71. The molecule has 18 heavy (non-hydrogen) atoms. The molecule has 0 bridgehead atoms. The molecule has 1 aromatic heterocycles. The van der Waals surface area contributed by atoms with Crippen molar-refractivity contribution in [2.75, 3.05) is 44.3 Å². The van der Waals surface area contributed by atoms with Crippen molar-refractivity contribution in [2.24, 2.45) is 0 Å². The van der Waals surface area contributed by atoms with E-state index in [0.29, 0.717) is 18.2 Å². The summed E-state index contributed by atoms with van der Waals surface area (Å²) in [6, 6.07) is 3.70. The highest BCUT2D eigenvalue weighted by Crippen LogP contribution is 2.20. The van der Waals surface area contributed by atoms with E-state index >= 15 is 0 Å². The second-order valence-corrected chi connectivity index (χ2v) is 4.26. The molecule has 0 aliphatic heterocycles. The first-order valence-corrected chi connectivity index (χ1v) is 6.49. The van der Waals surface area contributed by atoms with E-state index in [9.17, 15) is 0 Å². The Hall–Kier alpha value is -1.49. The van der Waals surface area contributed by atoms with Crippen molar-refractivity contribution >= 4 is 11.5 Å². The normalized spacial score (nSPS) is 10.7. The third-order valence-corrected chi connectivity index (χ3v) is 2.67. The van der Waals surface area contributed by atoms with Crippen LogP contribution in [-0.4, -0.2) is 43.2 Å². The maximum atomic E-state index is 5.81. The first-order chi connectivity index (χ1) is 8.67. The molecule has 0 aliphatic carbocycles. The zero-order valence-electron chi connectivity index (χ0n) is 11.6. The molecule has 0 amide bonds. The van der Waals surface area contributed by atoms with E-state index in [-0.39, 0.29) is 0 Å². The van der Waals surface area contributed by atoms with Gasteiger partial charge in [-0.2, -0.15) is 4.98 Å². The number of aromatic nitrogens is 1. The summed E-state index contributed by atoms with van der Waals surface area (Å²) in [5, 5.41) is 3.27. The molecule has 0 fully saturated rings. The van der Waals surface area contributed by atoms with Crippen LogP contribution < -0.4 is 15.8 Å². The fourth-order valence-corrected chi connectivity index (χ4v) is 1.40. The van der Waals surface area contributed by atoms with Crippen LogP contribution in [0.1, 0.15) is 20.3 Å². The third kappa shape index (κ3) is 4.79. The maximum absolute atomic E-state index is 5.81. The third-order valence-electron chi connectivity index (χ3n) is 2.67. The Kier molecular flexibility index (Phi) is 6.28. The van der Waals surface area contributed by atoms with Crippen molar-refractivity contribution < 1.29 is 4.74 Å². The van der Waals surface area contributed by atoms with E-state index in [2.05, 4.69) is 36.1 Å². The summed E-state index contributed by atoms with van der Waals surface area (Å²) in [5.74, 6) is 1.32. The van der Waals surface area contributed by atoms with E-state index in [4.69, 9.17) is 10.5 Å². The summed E-state index contributed by atoms with van der Waals surface area (Å²) in [6.07, 6.45) is 0.945. The molecule has 1 rings (SSSR count). The first kappa shape index (κ1) is 14.6. The minimum absolute atomic E-state index is 0.519. The molecule has 5 nitrogen and oxygen atoms in total. The lowest BCUT2D eigenvalue weighted by Crippen LogP contribution is -2.25. The number of nitrogens with one attached hydrogen (secondary N) is 1. The molecular weight excluding hydrogens is 228 g/mol. The van der Waals surface area contributed by atoms with Crippen LogP contribution in [0.5, 0.6) is 5.88 Å². The number of pyridine rings is 1. The summed E-state index contributed by atoms with van der Waals surface area (Å²) >= 11 is 0. The van der Waals surface area contributed by atoms with Crippen LogP contribution in [0.4, 0.5) is 11.5 Å². The average molecular weight is 252 g/mol. The molecule has 0 spiro atoms. The van der Waals surface area contributed by atoms with Crippen molar-refractivity contribution in [2.45, 2.75) is 20.3 Å². The molecule has 5 heteroatoms. The molecule has 0 saturated carbocycles. The molecule has 0 radical (unpaired) electrons. The van der Waals surface area contributed by atoms with Crippen molar-refractivity contribution in [3.05, 3.63) is 12.1 Å². The van der Waals surface area contributed by atoms with Crippen LogP contribution in [0.15, 0.2) is 12.1 Å². The van der Waals surface area contributed by atoms with Gasteiger partial charge in [0.15, 0.2) is 0 Å². The van der Waals surface area contributed by atoms with E-state index < -0.39 is 0 Å². The Bertz CT molecular complexity index is 357. The van der Waals surface area contributed by atoms with Gasteiger partial charge in [0.2, 0.25) is 5.88 Å². The predicted octanol–water partition coefficient (Wildman–Crippen LogP) is 1.82. The van der Waals surface area contributed by atoms with Gasteiger partial charge < -0.3 is 20.7 Å². The lowest BCUT2D eigenvalue weighted by atomic mass is 10.4. The molecule has 0 aliphatic rings. The molecule has 1 heterocycles. The Balaban J connectivity index is 2.50. The molecule has 1 aromatic rings. The van der Waals surface area contributed by atoms with Crippen LogP contribution in [0.3, 0.4) is 0 Å². The van der Waals surface area contributed by atoms with Gasteiger partial charge in [-0.3, -0.25) is 0 Å². The predicted molar refractivity (Wildman–Crippen MR) is 76.1 cm³/mol. The standard InChI is InChI=1S/C13H24N4O/c1-4-10-18-13-11(14)6-7-12(16-13)15-8-9-17(3)5-2/h6-7H,4-5,8-10,14H2,1-3H3,(H,15,16). The van der Waals surface area contributed by atoms with Crippen LogP contribution in [0, 0.1) is 0 Å². The largest absolute Gasteiger partial charge is 0.476 e. The van der Waals surface area contributed by atoms with E-state index in [1.165, 1.54) is 0 Å². The average Bonchev–Trinajstić information content (AvgIpc) is 2.38. The Morgan fingerprint density at radius 1 is 1.39 bits per heavy atom. The Morgan fingerprint density at radius 3 is 2.83 bits per heavy atom. The fraction of sp³-hybridized carbons (Fsp3) is 0.615. The minimum atomic E-state index is 0.519. The number of nitrogens with zero attached hydrogens (tertiary/aromatic N) is 2. The topological polar surface area (TPSA) is 63.4 Å². The number of nitrogen functional groups attached to an aromatic ring is 1. The van der Waals surface area contributed by atoms with Gasteiger partial charge in [0, 0.05) is 13.1 Å². The molecule has 0 unspecified atom stereocenters. The molecule has 3 N–H and O–H groups in total. The van der Waals surface area contributed by atoms with Crippen LogP contribution in [-0.2, 0) is 0 Å². The van der Waals surface area contributed by atoms with Gasteiger partial charge in [-0.05, 0) is 32.1 Å². The Morgan fingerprint density at radius 2 is 2.17 bits per heavy atom. The zero-order valence-corrected chi connectivity index (χ0v) is 11.6. The van der Waals surface area contributed by atoms with Crippen LogP contribution >= 0.6 is 0 Å². The number of hydrogen-bond donors (Lipinski definition) is 2. The lowest BCUT2D eigenvalue weighted by Gasteiger charge is -2.15. The summed E-state index contributed by atoms with van der Waals surface area (Å²) in [7, 11) is 2.09. The number of likely N-dealkylation sites (N-methyl/N-ethyl adjacent to an activating group) is 1. The van der Waals surface area contributed by atoms with Crippen LogP contribution in [0.25, 0.3) is 0 Å². The highest BCUT2D eigenvalue weighted by atomic mass is 16.5. The van der Waals surface area contributed by atoms with Crippen molar-refractivity contribution in [3.63, 3.8) is 0 Å². The minimum Gasteiger partial charge on any atom is -0.476 e. The van der Waals surface area contributed by atoms with Crippen LogP contribution in [0.2, 0.25) is 0 Å². The number of ether oxygens (including phenoxy) is 1. The van der Waals surface area contributed by atoms with E-state index in [1.54, 1.807) is 0 Å². The molecule has 0 atom stereocenters. The highest BCUT2D eigenvalue weighted by Gasteiger charge is 2.04. The summed E-state index contributed by atoms with van der Waals surface area (Å²) < 4.78 is 5.49. The second-order valence-electron chi connectivity index (χ2n) is 4.26. The number of hydrogen-bond acceptors (Lipinski definition) is 5. The number of rotatable bonds is 8. The highest BCUT2D eigenvalue weighted by molar-refractivity contribution is 5.53. The first-order valence-electron chi connectivity index (χ1n) is 6.49. The van der Waals surface area contributed by atoms with Gasteiger partial charge in [-0.15, -0.1) is 0 Å². The number of nitrogens with two attached hydrogens (primary N) is 1. The summed E-state index contributed by atoms with van der Waals surface area (Å²) in [4.78, 5) is 6.59. The van der Waals surface area contributed by atoms with E-state index in [1.807, 2.05) is 12.1 Å². The van der Waals surface area contributed by atoms with Crippen molar-refractivity contribution in [1.82, 2.24) is 9.88 Å². The van der Waals surface area contributed by atoms with E-state index in [0.717, 1.165) is 31.9 Å². The van der Waals surface area contributed by atoms with Gasteiger partial charge in [-0.25, -0.2) is 0 Å². The lowest BCUT2D eigenvalue weighted by molar-refractivity contribution is 0.307. The SMILES string of the molecule is CCCOc1nc(NCCN(C)CC)ccc1N. The molecule has 0 saturated heterocycles. The van der Waals surface area contributed by atoms with Gasteiger partial charge in [0.05, 0.1) is 12.3 Å². The number of anilines is 2.